The molecule has 1 heterocycles. The predicted molar refractivity (Wildman–Crippen MR) is 74.1 cm³/mol. The Balaban J connectivity index is 3.00. The Morgan fingerprint density at radius 1 is 1.50 bits per heavy atom. The van der Waals surface area contributed by atoms with Crippen molar-refractivity contribution in [3.8, 4) is 0 Å². The average Bonchev–Trinajstić information content (AvgIpc) is 2.26. The molecular weight excluding hydrogens is 301 g/mol. The molecule has 0 bridgehead atoms. The lowest BCUT2D eigenvalue weighted by atomic mass is 9.94. The summed E-state index contributed by atoms with van der Waals surface area (Å²) in [6.07, 6.45) is 0. The fourth-order valence-corrected chi connectivity index (χ4v) is 2.21. The molecule has 0 saturated heterocycles. The van der Waals surface area contributed by atoms with Crippen LogP contribution in [0.5, 0.6) is 0 Å². The van der Waals surface area contributed by atoms with Gasteiger partial charge in [-0.3, -0.25) is 14.9 Å². The lowest BCUT2D eigenvalue weighted by molar-refractivity contribution is -0.383. The highest BCUT2D eigenvalue weighted by Crippen LogP contribution is 2.31. The van der Waals surface area contributed by atoms with Crippen molar-refractivity contribution in [3.05, 3.63) is 49.9 Å². The third-order valence-electron chi connectivity index (χ3n) is 2.64. The highest BCUT2D eigenvalue weighted by Gasteiger charge is 2.21. The summed E-state index contributed by atoms with van der Waals surface area (Å²) in [4.78, 5) is 22.3. The standard InChI is InChI=1S/C11H9BBrNO4/c1-5-4-8(15)9-7(14(16)17)3-2-6(11(12)13)10(9)18-5/h2-4,11H,12H2,1H3. The van der Waals surface area contributed by atoms with Crippen LogP contribution in [0.3, 0.4) is 0 Å². The van der Waals surface area contributed by atoms with Crippen molar-refractivity contribution in [2.24, 2.45) is 0 Å². The molecule has 18 heavy (non-hydrogen) atoms. The SMILES string of the molecule is BC(Br)c1ccc([N+](=O)[O-])c2c(=O)cc(C)oc12. The molecule has 2 rings (SSSR count). The Morgan fingerprint density at radius 2 is 2.17 bits per heavy atom. The van der Waals surface area contributed by atoms with Crippen LogP contribution in [0.4, 0.5) is 5.69 Å². The largest absolute Gasteiger partial charge is 0.461 e. The van der Waals surface area contributed by atoms with Gasteiger partial charge in [-0.2, -0.15) is 0 Å². The lowest BCUT2D eigenvalue weighted by Gasteiger charge is -2.08. The summed E-state index contributed by atoms with van der Waals surface area (Å²) in [5, 5.41) is 11.0. The first-order chi connectivity index (χ1) is 8.41. The molecule has 0 spiro atoms. The van der Waals surface area contributed by atoms with Crippen molar-refractivity contribution in [3.63, 3.8) is 0 Å². The molecule has 0 aliphatic heterocycles. The van der Waals surface area contributed by atoms with E-state index in [1.54, 1.807) is 13.0 Å². The maximum atomic E-state index is 11.9. The van der Waals surface area contributed by atoms with E-state index in [-0.39, 0.29) is 21.4 Å². The molecular formula is C11H9BBrNO4. The van der Waals surface area contributed by atoms with E-state index in [0.717, 1.165) is 5.56 Å². The number of non-ortho nitro benzene ring substituents is 1. The van der Waals surface area contributed by atoms with E-state index in [0.29, 0.717) is 5.76 Å². The summed E-state index contributed by atoms with van der Waals surface area (Å²) >= 11 is 3.38. The van der Waals surface area contributed by atoms with Crippen LogP contribution in [0.2, 0.25) is 0 Å². The Labute approximate surface area is 111 Å². The van der Waals surface area contributed by atoms with Crippen LogP contribution in [0.1, 0.15) is 16.1 Å². The Morgan fingerprint density at radius 3 is 2.72 bits per heavy atom. The van der Waals surface area contributed by atoms with Crippen LogP contribution in [0.25, 0.3) is 11.0 Å². The second-order valence-electron chi connectivity index (χ2n) is 3.97. The van der Waals surface area contributed by atoms with Crippen molar-refractivity contribution < 1.29 is 9.34 Å². The summed E-state index contributed by atoms with van der Waals surface area (Å²) in [6, 6.07) is 4.20. The van der Waals surface area contributed by atoms with Gasteiger partial charge in [0.1, 0.15) is 24.6 Å². The van der Waals surface area contributed by atoms with Crippen LogP contribution in [-0.2, 0) is 0 Å². The average molecular weight is 310 g/mol. The van der Waals surface area contributed by atoms with Crippen LogP contribution in [-0.4, -0.2) is 12.8 Å². The molecule has 5 nitrogen and oxygen atoms in total. The van der Waals surface area contributed by atoms with Gasteiger partial charge in [0.2, 0.25) is 0 Å². The van der Waals surface area contributed by atoms with Gasteiger partial charge in [0, 0.05) is 22.4 Å². The monoisotopic (exact) mass is 309 g/mol. The summed E-state index contributed by atoms with van der Waals surface area (Å²) in [7, 11) is 1.86. The molecule has 0 aliphatic rings. The molecule has 0 radical (unpaired) electrons. The van der Waals surface area contributed by atoms with Gasteiger partial charge < -0.3 is 4.42 Å². The van der Waals surface area contributed by atoms with E-state index in [9.17, 15) is 14.9 Å². The Hall–Kier alpha value is -1.63. The molecule has 92 valence electrons. The van der Waals surface area contributed by atoms with Crippen LogP contribution in [0, 0.1) is 17.0 Å². The van der Waals surface area contributed by atoms with Gasteiger partial charge in [0.25, 0.3) is 5.69 Å². The number of fused-ring (bicyclic) bond motifs is 1. The maximum Gasteiger partial charge on any atom is 0.284 e. The van der Waals surface area contributed by atoms with Gasteiger partial charge in [-0.25, -0.2) is 0 Å². The van der Waals surface area contributed by atoms with E-state index in [1.165, 1.54) is 12.1 Å². The van der Waals surface area contributed by atoms with Crippen LogP contribution >= 0.6 is 15.9 Å². The molecule has 0 saturated carbocycles. The van der Waals surface area contributed by atoms with Gasteiger partial charge in [-0.05, 0) is 13.0 Å². The number of halogens is 1. The first kappa shape index (κ1) is 12.8. The van der Waals surface area contributed by atoms with Crippen LogP contribution in [0.15, 0.2) is 27.4 Å². The number of nitrogens with zero attached hydrogens (tertiary/aromatic N) is 1. The fraction of sp³-hybridized carbons (Fsp3) is 0.182. The van der Waals surface area contributed by atoms with E-state index >= 15 is 0 Å². The predicted octanol–water partition coefficient (Wildman–Crippen LogP) is 2.04. The molecule has 1 aromatic carbocycles. The highest BCUT2D eigenvalue weighted by molar-refractivity contribution is 9.09. The van der Waals surface area contributed by atoms with Gasteiger partial charge in [-0.15, -0.1) is 0 Å². The van der Waals surface area contributed by atoms with Crippen molar-refractivity contribution in [2.45, 2.75) is 11.7 Å². The minimum Gasteiger partial charge on any atom is -0.461 e. The van der Waals surface area contributed by atoms with Gasteiger partial charge in [0.05, 0.1) is 4.92 Å². The Bertz CT molecular complexity index is 695. The molecule has 0 amide bonds. The highest BCUT2D eigenvalue weighted by atomic mass is 79.9. The fourth-order valence-electron chi connectivity index (χ4n) is 1.85. The molecule has 0 fully saturated rings. The number of hydrogen-bond donors (Lipinski definition) is 0. The lowest BCUT2D eigenvalue weighted by Crippen LogP contribution is -2.06. The topological polar surface area (TPSA) is 73.3 Å². The van der Waals surface area contributed by atoms with E-state index < -0.39 is 10.4 Å². The van der Waals surface area contributed by atoms with Crippen LogP contribution < -0.4 is 5.43 Å². The third-order valence-corrected chi connectivity index (χ3v) is 3.13. The maximum absolute atomic E-state index is 11.9. The van der Waals surface area contributed by atoms with Crippen molar-refractivity contribution >= 4 is 40.4 Å². The molecule has 1 atom stereocenters. The number of rotatable bonds is 2. The normalized spacial score (nSPS) is 12.6. The zero-order valence-corrected chi connectivity index (χ0v) is 11.4. The van der Waals surface area contributed by atoms with Gasteiger partial charge in [0.15, 0.2) is 5.43 Å². The van der Waals surface area contributed by atoms with Gasteiger partial charge >= 0.3 is 0 Å². The van der Waals surface area contributed by atoms with Crippen molar-refractivity contribution in [1.82, 2.24) is 0 Å². The van der Waals surface area contributed by atoms with E-state index in [1.807, 2.05) is 7.85 Å². The van der Waals surface area contributed by atoms with Crippen molar-refractivity contribution in [1.29, 1.82) is 0 Å². The number of hydrogen-bond acceptors (Lipinski definition) is 4. The van der Waals surface area contributed by atoms with Crippen molar-refractivity contribution in [2.75, 3.05) is 0 Å². The first-order valence-electron chi connectivity index (χ1n) is 5.27. The zero-order valence-electron chi connectivity index (χ0n) is 9.77. The summed E-state index contributed by atoms with van der Waals surface area (Å²) in [6.45, 7) is 1.64. The summed E-state index contributed by atoms with van der Waals surface area (Å²) in [5.41, 5.74) is 0.376. The number of nitro groups is 1. The van der Waals surface area contributed by atoms with E-state index in [4.69, 9.17) is 4.42 Å². The second kappa shape index (κ2) is 4.57. The quantitative estimate of drug-likeness (QED) is 0.368. The minimum absolute atomic E-state index is 0.0226. The van der Waals surface area contributed by atoms with Gasteiger partial charge in [-0.1, -0.05) is 15.9 Å². The summed E-state index contributed by atoms with van der Waals surface area (Å²) < 4.78 is 5.43. The number of nitro benzene ring substituents is 1. The number of alkyl halides is 1. The smallest absolute Gasteiger partial charge is 0.284 e. The number of aryl methyl sites for hydroxylation is 1. The first-order valence-corrected chi connectivity index (χ1v) is 6.19. The zero-order chi connectivity index (χ0) is 13.4. The number of benzene rings is 1. The minimum atomic E-state index is -0.572. The molecule has 0 N–H and O–H groups in total. The summed E-state index contributed by atoms with van der Waals surface area (Å²) in [5.74, 6) is 0.433. The molecule has 7 heteroatoms. The second-order valence-corrected chi connectivity index (χ2v) is 5.35. The molecule has 1 aromatic heterocycles. The molecule has 1 unspecified atom stereocenters. The third kappa shape index (κ3) is 2.05. The Kier molecular flexibility index (Phi) is 3.25. The van der Waals surface area contributed by atoms with E-state index in [2.05, 4.69) is 15.9 Å². The molecule has 2 aromatic rings. The molecule has 0 aliphatic carbocycles.